The van der Waals surface area contributed by atoms with Crippen molar-refractivity contribution in [1.29, 1.82) is 0 Å². The number of hydrogen-bond donors (Lipinski definition) is 1. The van der Waals surface area contributed by atoms with Crippen LogP contribution in [-0.2, 0) is 6.54 Å². The number of aromatic nitrogens is 2. The number of nitrogens with one attached hydrogen (secondary N) is 1. The molecule has 1 aliphatic rings. The fraction of sp³-hybridized carbons (Fsp3) is 0.188. The number of nitrogens with zero attached hydrogens (tertiary/aromatic N) is 3. The van der Waals surface area contributed by atoms with Crippen molar-refractivity contribution in [3.63, 3.8) is 0 Å². The van der Waals surface area contributed by atoms with Crippen LogP contribution in [0.15, 0.2) is 48.0 Å². The van der Waals surface area contributed by atoms with Crippen LogP contribution in [0.4, 0.5) is 5.69 Å². The predicted octanol–water partition coefficient (Wildman–Crippen LogP) is 2.24. The van der Waals surface area contributed by atoms with Gasteiger partial charge in [-0.1, -0.05) is 36.4 Å². The molecule has 0 fully saturated rings. The minimum absolute atomic E-state index is 0.151. The van der Waals surface area contributed by atoms with Gasteiger partial charge in [-0.25, -0.2) is 4.99 Å². The number of allylic oxidation sites excluding steroid dienone is 1. The van der Waals surface area contributed by atoms with E-state index in [4.69, 9.17) is 0 Å². The SMILES string of the molecule is C=CCn1nc(C)c2c1C(=O)NCC(c1ccccc1)=N2. The van der Waals surface area contributed by atoms with E-state index in [-0.39, 0.29) is 5.91 Å². The molecule has 0 atom stereocenters. The van der Waals surface area contributed by atoms with Gasteiger partial charge in [0.25, 0.3) is 5.91 Å². The molecule has 1 aliphatic heterocycles. The zero-order valence-corrected chi connectivity index (χ0v) is 11.8. The topological polar surface area (TPSA) is 59.3 Å². The van der Waals surface area contributed by atoms with E-state index in [2.05, 4.69) is 22.0 Å². The molecule has 0 saturated heterocycles. The number of carbonyl (C=O) groups excluding carboxylic acids is 1. The van der Waals surface area contributed by atoms with Gasteiger partial charge in [0.2, 0.25) is 0 Å². The van der Waals surface area contributed by atoms with Crippen molar-refractivity contribution in [3.8, 4) is 0 Å². The number of aryl methyl sites for hydroxylation is 1. The summed E-state index contributed by atoms with van der Waals surface area (Å²) in [5, 5.41) is 7.28. The lowest BCUT2D eigenvalue weighted by molar-refractivity contribution is 0.0951. The molecular weight excluding hydrogens is 264 g/mol. The summed E-state index contributed by atoms with van der Waals surface area (Å²) in [5.41, 5.74) is 3.73. The Morgan fingerprint density at radius 1 is 1.38 bits per heavy atom. The Kier molecular flexibility index (Phi) is 3.39. The lowest BCUT2D eigenvalue weighted by Gasteiger charge is -2.05. The van der Waals surface area contributed by atoms with Crippen LogP contribution in [0.2, 0.25) is 0 Å². The molecule has 5 nitrogen and oxygen atoms in total. The van der Waals surface area contributed by atoms with E-state index in [9.17, 15) is 4.79 Å². The molecule has 21 heavy (non-hydrogen) atoms. The van der Waals surface area contributed by atoms with Crippen molar-refractivity contribution in [2.24, 2.45) is 4.99 Å². The molecule has 2 aromatic rings. The average molecular weight is 280 g/mol. The van der Waals surface area contributed by atoms with Crippen molar-refractivity contribution in [2.45, 2.75) is 13.5 Å². The molecule has 0 unspecified atom stereocenters. The van der Waals surface area contributed by atoms with Gasteiger partial charge in [-0.05, 0) is 12.5 Å². The first kappa shape index (κ1) is 13.3. The molecule has 106 valence electrons. The number of amides is 1. The monoisotopic (exact) mass is 280 g/mol. The van der Waals surface area contributed by atoms with Crippen molar-refractivity contribution in [3.05, 3.63) is 59.9 Å². The third-order valence-corrected chi connectivity index (χ3v) is 3.38. The second-order valence-corrected chi connectivity index (χ2v) is 4.86. The highest BCUT2D eigenvalue weighted by atomic mass is 16.2. The fourth-order valence-electron chi connectivity index (χ4n) is 2.40. The van der Waals surface area contributed by atoms with E-state index in [0.717, 1.165) is 17.0 Å². The number of carbonyl (C=O) groups is 1. The third kappa shape index (κ3) is 2.38. The number of benzene rings is 1. The summed E-state index contributed by atoms with van der Waals surface area (Å²) in [6.07, 6.45) is 1.71. The largest absolute Gasteiger partial charge is 0.345 e. The Hall–Kier alpha value is -2.69. The summed E-state index contributed by atoms with van der Waals surface area (Å²) in [6, 6.07) is 9.84. The van der Waals surface area contributed by atoms with Gasteiger partial charge in [0.15, 0.2) is 5.69 Å². The van der Waals surface area contributed by atoms with Crippen LogP contribution in [0.5, 0.6) is 0 Å². The van der Waals surface area contributed by atoms with Crippen LogP contribution < -0.4 is 5.32 Å². The van der Waals surface area contributed by atoms with Crippen molar-refractivity contribution < 1.29 is 4.79 Å². The molecular formula is C16H16N4O. The summed E-state index contributed by atoms with van der Waals surface area (Å²) in [6.45, 7) is 6.45. The smallest absolute Gasteiger partial charge is 0.272 e. The van der Waals surface area contributed by atoms with Crippen molar-refractivity contribution in [1.82, 2.24) is 15.1 Å². The maximum atomic E-state index is 12.3. The van der Waals surface area contributed by atoms with E-state index in [1.165, 1.54) is 0 Å². The van der Waals surface area contributed by atoms with Crippen LogP contribution in [-0.4, -0.2) is 27.9 Å². The predicted molar refractivity (Wildman–Crippen MR) is 82.1 cm³/mol. The van der Waals surface area contributed by atoms with Gasteiger partial charge in [0, 0.05) is 0 Å². The first-order chi connectivity index (χ1) is 10.2. The van der Waals surface area contributed by atoms with Crippen LogP contribution >= 0.6 is 0 Å². The Balaban J connectivity index is 2.13. The van der Waals surface area contributed by atoms with Crippen molar-refractivity contribution in [2.75, 3.05) is 6.54 Å². The average Bonchev–Trinajstić information content (AvgIpc) is 2.68. The minimum Gasteiger partial charge on any atom is -0.345 e. The number of rotatable bonds is 3. The standard InChI is InChI=1S/C16H16N4O/c1-3-9-20-15-14(11(2)19-20)18-13(10-17-16(15)21)12-7-5-4-6-8-12/h3-8H,1,9-10H2,2H3,(H,17,21). The van der Waals surface area contributed by atoms with Crippen LogP contribution in [0.25, 0.3) is 0 Å². The molecule has 1 N–H and O–H groups in total. The highest BCUT2D eigenvalue weighted by Gasteiger charge is 2.24. The Labute approximate surface area is 123 Å². The van der Waals surface area contributed by atoms with E-state index in [0.29, 0.717) is 24.5 Å². The van der Waals surface area contributed by atoms with E-state index in [1.807, 2.05) is 37.3 Å². The maximum absolute atomic E-state index is 12.3. The number of aliphatic imine (C=N–C) groups is 1. The van der Waals surface area contributed by atoms with E-state index < -0.39 is 0 Å². The van der Waals surface area contributed by atoms with Gasteiger partial charge in [-0.2, -0.15) is 5.10 Å². The van der Waals surface area contributed by atoms with Gasteiger partial charge in [-0.3, -0.25) is 9.48 Å². The summed E-state index contributed by atoms with van der Waals surface area (Å²) in [5.74, 6) is -0.151. The maximum Gasteiger partial charge on any atom is 0.272 e. The Bertz CT molecular complexity index is 728. The molecule has 1 aromatic heterocycles. The van der Waals surface area contributed by atoms with Crippen LogP contribution in [0.3, 0.4) is 0 Å². The third-order valence-electron chi connectivity index (χ3n) is 3.38. The zero-order valence-electron chi connectivity index (χ0n) is 11.8. The Morgan fingerprint density at radius 3 is 2.86 bits per heavy atom. The summed E-state index contributed by atoms with van der Waals surface area (Å²) >= 11 is 0. The minimum atomic E-state index is -0.151. The second kappa shape index (κ2) is 5.36. The second-order valence-electron chi connectivity index (χ2n) is 4.86. The van der Waals surface area contributed by atoms with Gasteiger partial charge in [-0.15, -0.1) is 6.58 Å². The molecule has 0 spiro atoms. The first-order valence-corrected chi connectivity index (χ1v) is 6.80. The molecule has 0 radical (unpaired) electrons. The molecule has 2 heterocycles. The highest BCUT2D eigenvalue weighted by molar-refractivity contribution is 6.10. The van der Waals surface area contributed by atoms with Gasteiger partial charge in [0.1, 0.15) is 5.69 Å². The molecule has 0 bridgehead atoms. The molecule has 5 heteroatoms. The highest BCUT2D eigenvalue weighted by Crippen LogP contribution is 2.26. The van der Waals surface area contributed by atoms with E-state index in [1.54, 1.807) is 10.8 Å². The summed E-state index contributed by atoms with van der Waals surface area (Å²) in [7, 11) is 0. The molecule has 3 rings (SSSR count). The molecule has 1 amide bonds. The van der Waals surface area contributed by atoms with Gasteiger partial charge >= 0.3 is 0 Å². The lowest BCUT2D eigenvalue weighted by atomic mass is 10.1. The zero-order chi connectivity index (χ0) is 14.8. The normalized spacial score (nSPS) is 14.0. The number of hydrogen-bond acceptors (Lipinski definition) is 3. The fourth-order valence-corrected chi connectivity index (χ4v) is 2.40. The van der Waals surface area contributed by atoms with Gasteiger partial charge in [0.05, 0.1) is 24.5 Å². The lowest BCUT2D eigenvalue weighted by Crippen LogP contribution is -2.29. The van der Waals surface area contributed by atoms with Crippen molar-refractivity contribution >= 4 is 17.3 Å². The molecule has 1 aromatic carbocycles. The van der Waals surface area contributed by atoms with Crippen LogP contribution in [0, 0.1) is 6.92 Å². The number of fused-ring (bicyclic) bond motifs is 1. The first-order valence-electron chi connectivity index (χ1n) is 6.80. The van der Waals surface area contributed by atoms with E-state index >= 15 is 0 Å². The molecule has 0 aliphatic carbocycles. The van der Waals surface area contributed by atoms with Gasteiger partial charge < -0.3 is 5.32 Å². The summed E-state index contributed by atoms with van der Waals surface area (Å²) in [4.78, 5) is 17.0. The summed E-state index contributed by atoms with van der Waals surface area (Å²) < 4.78 is 1.64. The Morgan fingerprint density at radius 2 is 2.14 bits per heavy atom. The van der Waals surface area contributed by atoms with Crippen LogP contribution in [0.1, 0.15) is 21.7 Å². The molecule has 0 saturated carbocycles. The quantitative estimate of drug-likeness (QED) is 0.877.